The molecule has 1 unspecified atom stereocenters. The summed E-state index contributed by atoms with van der Waals surface area (Å²) in [5.74, 6) is 0.472. The largest absolute Gasteiger partial charge is 0.507 e. The maximum Gasteiger partial charge on any atom is 0.123 e. The SMILES string of the molecule is CCC1CN(c2cc(C(C)(C)C)c(O)c(C(C)(C)C)c2)CCN1C. The molecule has 1 N–H and O–H groups in total. The molecule has 0 radical (unpaired) electrons. The highest BCUT2D eigenvalue weighted by Gasteiger charge is 2.29. The second kappa shape index (κ2) is 6.59. The van der Waals surface area contributed by atoms with Crippen LogP contribution in [0.4, 0.5) is 5.69 Å². The summed E-state index contributed by atoms with van der Waals surface area (Å²) in [4.78, 5) is 4.96. The first-order valence-corrected chi connectivity index (χ1v) is 9.28. The fourth-order valence-electron chi connectivity index (χ4n) is 3.57. The predicted molar refractivity (Wildman–Crippen MR) is 104 cm³/mol. The van der Waals surface area contributed by atoms with Crippen molar-refractivity contribution in [2.75, 3.05) is 31.6 Å². The third kappa shape index (κ3) is 3.88. The van der Waals surface area contributed by atoms with Gasteiger partial charge in [-0.05, 0) is 36.4 Å². The van der Waals surface area contributed by atoms with Gasteiger partial charge in [0, 0.05) is 42.5 Å². The molecule has 1 aliphatic rings. The Morgan fingerprint density at radius 2 is 1.50 bits per heavy atom. The molecular formula is C21H36N2O. The Kier molecular flexibility index (Phi) is 5.25. The lowest BCUT2D eigenvalue weighted by Crippen LogP contribution is -2.51. The quantitative estimate of drug-likeness (QED) is 0.863. The van der Waals surface area contributed by atoms with Crippen LogP contribution in [-0.2, 0) is 10.8 Å². The van der Waals surface area contributed by atoms with Gasteiger partial charge in [-0.15, -0.1) is 0 Å². The van der Waals surface area contributed by atoms with E-state index in [0.29, 0.717) is 11.8 Å². The Labute approximate surface area is 148 Å². The average Bonchev–Trinajstić information content (AvgIpc) is 2.45. The Morgan fingerprint density at radius 1 is 1.00 bits per heavy atom. The number of hydrogen-bond acceptors (Lipinski definition) is 3. The summed E-state index contributed by atoms with van der Waals surface area (Å²) in [6.07, 6.45) is 1.17. The first-order valence-electron chi connectivity index (χ1n) is 9.28. The number of anilines is 1. The summed E-state index contributed by atoms with van der Waals surface area (Å²) < 4.78 is 0. The second-order valence-corrected chi connectivity index (χ2v) is 9.38. The van der Waals surface area contributed by atoms with Crippen molar-refractivity contribution in [1.29, 1.82) is 0 Å². The van der Waals surface area contributed by atoms with E-state index in [-0.39, 0.29) is 10.8 Å². The molecule has 3 nitrogen and oxygen atoms in total. The number of phenols is 1. The molecule has 136 valence electrons. The molecule has 24 heavy (non-hydrogen) atoms. The normalized spacial score (nSPS) is 20.5. The van der Waals surface area contributed by atoms with Crippen LogP contribution in [0.3, 0.4) is 0 Å². The van der Waals surface area contributed by atoms with Crippen molar-refractivity contribution < 1.29 is 5.11 Å². The average molecular weight is 333 g/mol. The van der Waals surface area contributed by atoms with Gasteiger partial charge < -0.3 is 10.0 Å². The molecule has 1 heterocycles. The summed E-state index contributed by atoms with van der Waals surface area (Å²) in [5.41, 5.74) is 3.22. The van der Waals surface area contributed by atoms with E-state index in [9.17, 15) is 5.11 Å². The first kappa shape index (κ1) is 19.1. The van der Waals surface area contributed by atoms with Crippen molar-refractivity contribution in [2.24, 2.45) is 0 Å². The Morgan fingerprint density at radius 3 is 1.92 bits per heavy atom. The van der Waals surface area contributed by atoms with Gasteiger partial charge in [-0.2, -0.15) is 0 Å². The Hall–Kier alpha value is -1.22. The number of hydrogen-bond donors (Lipinski definition) is 1. The van der Waals surface area contributed by atoms with Crippen molar-refractivity contribution in [3.8, 4) is 5.75 Å². The third-order valence-electron chi connectivity index (χ3n) is 5.32. The van der Waals surface area contributed by atoms with E-state index in [2.05, 4.69) is 77.4 Å². The molecule has 1 atom stereocenters. The fourth-order valence-corrected chi connectivity index (χ4v) is 3.57. The Bertz CT molecular complexity index is 545. The molecule has 1 saturated heterocycles. The molecule has 0 bridgehead atoms. The van der Waals surface area contributed by atoms with E-state index in [4.69, 9.17) is 0 Å². The summed E-state index contributed by atoms with van der Waals surface area (Å²) in [5, 5.41) is 10.9. The van der Waals surface area contributed by atoms with E-state index < -0.39 is 0 Å². The molecule has 2 rings (SSSR count). The number of nitrogens with zero attached hydrogens (tertiary/aromatic N) is 2. The highest BCUT2D eigenvalue weighted by Crippen LogP contribution is 2.42. The lowest BCUT2D eigenvalue weighted by Gasteiger charge is -2.41. The van der Waals surface area contributed by atoms with E-state index in [1.165, 1.54) is 12.1 Å². The van der Waals surface area contributed by atoms with Crippen molar-refractivity contribution in [2.45, 2.75) is 71.8 Å². The van der Waals surface area contributed by atoms with Crippen molar-refractivity contribution in [3.63, 3.8) is 0 Å². The van der Waals surface area contributed by atoms with Crippen LogP contribution >= 0.6 is 0 Å². The van der Waals surface area contributed by atoms with E-state index >= 15 is 0 Å². The monoisotopic (exact) mass is 332 g/mol. The molecule has 1 aromatic rings. The number of likely N-dealkylation sites (N-methyl/N-ethyl adjacent to an activating group) is 1. The number of aromatic hydroxyl groups is 1. The van der Waals surface area contributed by atoms with Gasteiger partial charge in [-0.3, -0.25) is 4.90 Å². The van der Waals surface area contributed by atoms with Gasteiger partial charge in [-0.1, -0.05) is 48.5 Å². The minimum atomic E-state index is -0.0726. The maximum absolute atomic E-state index is 10.9. The number of benzene rings is 1. The van der Waals surface area contributed by atoms with Crippen LogP contribution in [0.5, 0.6) is 5.75 Å². The first-order chi connectivity index (χ1) is 10.9. The summed E-state index contributed by atoms with van der Waals surface area (Å²) in [6.45, 7) is 18.5. The minimum Gasteiger partial charge on any atom is -0.507 e. The van der Waals surface area contributed by atoms with Crippen molar-refractivity contribution >= 4 is 5.69 Å². The summed E-state index contributed by atoms with van der Waals surface area (Å²) >= 11 is 0. The molecule has 1 fully saturated rings. The van der Waals surface area contributed by atoms with Crippen LogP contribution in [0.2, 0.25) is 0 Å². The summed E-state index contributed by atoms with van der Waals surface area (Å²) in [7, 11) is 2.23. The van der Waals surface area contributed by atoms with E-state index in [0.717, 1.165) is 30.8 Å². The summed E-state index contributed by atoms with van der Waals surface area (Å²) in [6, 6.07) is 5.02. The highest BCUT2D eigenvalue weighted by molar-refractivity contribution is 5.60. The van der Waals surface area contributed by atoms with Gasteiger partial charge in [-0.25, -0.2) is 0 Å². The van der Waals surface area contributed by atoms with Crippen molar-refractivity contribution in [1.82, 2.24) is 4.90 Å². The van der Waals surface area contributed by atoms with Crippen LogP contribution in [-0.4, -0.2) is 42.7 Å². The standard InChI is InChI=1S/C21H36N2O/c1-9-15-14-23(11-10-22(15)8)16-12-17(20(2,3)4)19(24)18(13-16)21(5,6)7/h12-13,15,24H,9-11,14H2,1-8H3. The maximum atomic E-state index is 10.9. The highest BCUT2D eigenvalue weighted by atomic mass is 16.3. The van der Waals surface area contributed by atoms with Crippen molar-refractivity contribution in [3.05, 3.63) is 23.3 Å². The smallest absolute Gasteiger partial charge is 0.123 e. The second-order valence-electron chi connectivity index (χ2n) is 9.38. The number of rotatable bonds is 2. The number of phenolic OH excluding ortho intramolecular Hbond substituents is 1. The van der Waals surface area contributed by atoms with Gasteiger partial charge in [0.1, 0.15) is 5.75 Å². The van der Waals surface area contributed by atoms with E-state index in [1.54, 1.807) is 0 Å². The third-order valence-corrected chi connectivity index (χ3v) is 5.32. The number of piperazine rings is 1. The van der Waals surface area contributed by atoms with Gasteiger partial charge >= 0.3 is 0 Å². The molecule has 1 aromatic carbocycles. The molecule has 0 saturated carbocycles. The zero-order valence-corrected chi connectivity index (χ0v) is 16.9. The fraction of sp³-hybridized carbons (Fsp3) is 0.714. The molecule has 0 spiro atoms. The topological polar surface area (TPSA) is 26.7 Å². The predicted octanol–water partition coefficient (Wildman–Crippen LogP) is 4.52. The van der Waals surface area contributed by atoms with Gasteiger partial charge in [0.15, 0.2) is 0 Å². The van der Waals surface area contributed by atoms with Gasteiger partial charge in [0.2, 0.25) is 0 Å². The van der Waals surface area contributed by atoms with Crippen LogP contribution in [0.1, 0.15) is 66.0 Å². The van der Waals surface area contributed by atoms with Gasteiger partial charge in [0.05, 0.1) is 0 Å². The van der Waals surface area contributed by atoms with Crippen LogP contribution in [0.25, 0.3) is 0 Å². The molecule has 0 amide bonds. The van der Waals surface area contributed by atoms with Crippen LogP contribution < -0.4 is 4.90 Å². The molecule has 1 aliphatic heterocycles. The molecular weight excluding hydrogens is 296 g/mol. The minimum absolute atomic E-state index is 0.0726. The zero-order valence-electron chi connectivity index (χ0n) is 16.9. The lowest BCUT2D eigenvalue weighted by atomic mass is 9.79. The van der Waals surface area contributed by atoms with Crippen LogP contribution in [0.15, 0.2) is 12.1 Å². The molecule has 0 aromatic heterocycles. The molecule has 0 aliphatic carbocycles. The van der Waals surface area contributed by atoms with E-state index in [1.807, 2.05) is 0 Å². The Balaban J connectivity index is 2.51. The zero-order chi connectivity index (χ0) is 18.3. The van der Waals surface area contributed by atoms with Crippen LogP contribution in [0, 0.1) is 0 Å². The lowest BCUT2D eigenvalue weighted by molar-refractivity contribution is 0.213. The molecule has 3 heteroatoms. The van der Waals surface area contributed by atoms with Gasteiger partial charge in [0.25, 0.3) is 0 Å².